The summed E-state index contributed by atoms with van der Waals surface area (Å²) in [6.45, 7) is 1.36. The van der Waals surface area contributed by atoms with Gasteiger partial charge in [-0.15, -0.1) is 11.8 Å². The van der Waals surface area contributed by atoms with Crippen molar-refractivity contribution in [3.63, 3.8) is 0 Å². The number of rotatable bonds is 4. The van der Waals surface area contributed by atoms with Gasteiger partial charge < -0.3 is 15.5 Å². The highest BCUT2D eigenvalue weighted by Crippen LogP contribution is 2.36. The highest BCUT2D eigenvalue weighted by atomic mass is 79.9. The van der Waals surface area contributed by atoms with Gasteiger partial charge in [-0.3, -0.25) is 14.4 Å². The van der Waals surface area contributed by atoms with Crippen LogP contribution in [0.25, 0.3) is 0 Å². The molecule has 8 heteroatoms. The monoisotopic (exact) mass is 487 g/mol. The molecule has 0 spiro atoms. The highest BCUT2D eigenvalue weighted by Gasteiger charge is 2.38. The molecule has 0 aliphatic carbocycles. The molecule has 6 nitrogen and oxygen atoms in total. The van der Waals surface area contributed by atoms with Crippen molar-refractivity contribution in [1.29, 1.82) is 0 Å². The number of nitrogens with one attached hydrogen (secondary N) is 2. The molecule has 0 radical (unpaired) electrons. The van der Waals surface area contributed by atoms with Crippen molar-refractivity contribution in [2.24, 2.45) is 5.92 Å². The predicted molar refractivity (Wildman–Crippen MR) is 120 cm³/mol. The molecule has 30 heavy (non-hydrogen) atoms. The van der Waals surface area contributed by atoms with Crippen LogP contribution in [-0.4, -0.2) is 41.0 Å². The number of hydrogen-bond acceptors (Lipinski definition) is 4. The Bertz CT molecular complexity index is 984. The van der Waals surface area contributed by atoms with Gasteiger partial charge in [0.05, 0.1) is 11.6 Å². The van der Waals surface area contributed by atoms with E-state index in [1.807, 2.05) is 48.5 Å². The fourth-order valence-corrected chi connectivity index (χ4v) is 5.27. The lowest BCUT2D eigenvalue weighted by atomic mass is 9.96. The van der Waals surface area contributed by atoms with Gasteiger partial charge in [0.1, 0.15) is 0 Å². The molecule has 0 bridgehead atoms. The second-order valence-electron chi connectivity index (χ2n) is 7.45. The number of amides is 3. The van der Waals surface area contributed by atoms with Gasteiger partial charge in [0.25, 0.3) is 0 Å². The number of hydrogen-bond donors (Lipinski definition) is 2. The van der Waals surface area contributed by atoms with Crippen LogP contribution in [0.1, 0.15) is 18.4 Å². The molecule has 2 aliphatic heterocycles. The maximum atomic E-state index is 13.1. The maximum absolute atomic E-state index is 13.1. The normalized spacial score (nSPS) is 20.8. The van der Waals surface area contributed by atoms with Crippen LogP contribution in [0.4, 0.5) is 5.69 Å². The third kappa shape index (κ3) is 4.70. The average Bonchev–Trinajstić information content (AvgIpc) is 2.76. The molecule has 2 aliphatic rings. The number of carbonyl (C=O) groups excluding carboxylic acids is 3. The Morgan fingerprint density at radius 3 is 2.87 bits per heavy atom. The van der Waals surface area contributed by atoms with Gasteiger partial charge in [-0.25, -0.2) is 0 Å². The number of benzene rings is 2. The number of thioether (sulfide) groups is 1. The topological polar surface area (TPSA) is 78.5 Å². The summed E-state index contributed by atoms with van der Waals surface area (Å²) < 4.78 is 0.966. The predicted octanol–water partition coefficient (Wildman–Crippen LogP) is 3.42. The van der Waals surface area contributed by atoms with Crippen LogP contribution in [0.2, 0.25) is 0 Å². The number of para-hydroxylation sites is 1. The highest BCUT2D eigenvalue weighted by molar-refractivity contribution is 9.10. The van der Waals surface area contributed by atoms with Crippen molar-refractivity contribution < 1.29 is 14.4 Å². The van der Waals surface area contributed by atoms with Crippen molar-refractivity contribution in [3.05, 3.63) is 58.6 Å². The Kier molecular flexibility index (Phi) is 6.43. The van der Waals surface area contributed by atoms with E-state index in [9.17, 15) is 14.4 Å². The Balaban J connectivity index is 1.37. The molecule has 2 N–H and O–H groups in total. The Morgan fingerprint density at radius 1 is 1.20 bits per heavy atom. The summed E-state index contributed by atoms with van der Waals surface area (Å²) in [5, 5.41) is 4.97. The molecule has 1 saturated heterocycles. The summed E-state index contributed by atoms with van der Waals surface area (Å²) in [7, 11) is 0. The van der Waals surface area contributed by atoms with Crippen LogP contribution >= 0.6 is 27.7 Å². The SMILES string of the molecule is O=C(NCc1cccc(Br)c1)C1CCCN(C(=O)C2Sc3ccccc3NC2=O)C1. The number of fused-ring (bicyclic) bond motifs is 1. The first-order valence-electron chi connectivity index (χ1n) is 9.89. The quantitative estimate of drug-likeness (QED) is 0.647. The van der Waals surface area contributed by atoms with E-state index in [4.69, 9.17) is 0 Å². The minimum absolute atomic E-state index is 0.0569. The summed E-state index contributed by atoms with van der Waals surface area (Å²) in [5.74, 6) is -0.848. The Morgan fingerprint density at radius 2 is 2.03 bits per heavy atom. The van der Waals surface area contributed by atoms with Crippen LogP contribution in [0.5, 0.6) is 0 Å². The number of piperidine rings is 1. The van der Waals surface area contributed by atoms with E-state index in [2.05, 4.69) is 26.6 Å². The minimum atomic E-state index is -0.816. The van der Waals surface area contributed by atoms with E-state index in [1.165, 1.54) is 11.8 Å². The van der Waals surface area contributed by atoms with E-state index in [1.54, 1.807) is 4.90 Å². The lowest BCUT2D eigenvalue weighted by Crippen LogP contribution is -2.50. The molecule has 4 rings (SSSR count). The zero-order valence-corrected chi connectivity index (χ0v) is 18.7. The van der Waals surface area contributed by atoms with Gasteiger partial charge in [-0.05, 0) is 42.7 Å². The summed E-state index contributed by atoms with van der Waals surface area (Å²) in [6, 6.07) is 15.3. The first kappa shape index (κ1) is 20.9. The standard InChI is InChI=1S/C22H22BrN3O3S/c23-16-7-3-5-14(11-16)12-24-20(27)15-6-4-10-26(13-15)22(29)19-21(28)25-17-8-1-2-9-18(17)30-19/h1-3,5,7-9,11,15,19H,4,6,10,12-13H2,(H,24,27)(H,25,28). The third-order valence-electron chi connectivity index (χ3n) is 5.31. The second-order valence-corrected chi connectivity index (χ2v) is 9.52. The van der Waals surface area contributed by atoms with E-state index >= 15 is 0 Å². The van der Waals surface area contributed by atoms with Gasteiger partial charge in [-0.2, -0.15) is 0 Å². The molecule has 0 saturated carbocycles. The van der Waals surface area contributed by atoms with Crippen molar-refractivity contribution >= 4 is 51.1 Å². The lowest BCUT2D eigenvalue weighted by molar-refractivity contribution is -0.137. The fraction of sp³-hybridized carbons (Fsp3) is 0.318. The van der Waals surface area contributed by atoms with Gasteiger partial charge in [0.2, 0.25) is 17.7 Å². The molecule has 2 aromatic carbocycles. The van der Waals surface area contributed by atoms with Gasteiger partial charge in [-0.1, -0.05) is 40.2 Å². The number of carbonyl (C=O) groups is 3. The van der Waals surface area contributed by atoms with Crippen LogP contribution in [0, 0.1) is 5.92 Å². The van der Waals surface area contributed by atoms with Crippen LogP contribution in [-0.2, 0) is 20.9 Å². The largest absolute Gasteiger partial charge is 0.352 e. The molecular formula is C22H22BrN3O3S. The average molecular weight is 488 g/mol. The molecule has 156 valence electrons. The van der Waals surface area contributed by atoms with E-state index in [-0.39, 0.29) is 23.6 Å². The van der Waals surface area contributed by atoms with Gasteiger partial charge in [0.15, 0.2) is 5.25 Å². The lowest BCUT2D eigenvalue weighted by Gasteiger charge is -2.35. The number of halogens is 1. The second kappa shape index (κ2) is 9.22. The number of likely N-dealkylation sites (tertiary alicyclic amines) is 1. The zero-order valence-electron chi connectivity index (χ0n) is 16.3. The van der Waals surface area contributed by atoms with Crippen LogP contribution < -0.4 is 10.6 Å². The molecule has 2 unspecified atom stereocenters. The smallest absolute Gasteiger partial charge is 0.247 e. The van der Waals surface area contributed by atoms with Crippen LogP contribution in [0.3, 0.4) is 0 Å². The zero-order chi connectivity index (χ0) is 21.1. The first-order chi connectivity index (χ1) is 14.5. The van der Waals surface area contributed by atoms with E-state index in [0.29, 0.717) is 19.6 Å². The van der Waals surface area contributed by atoms with Crippen molar-refractivity contribution in [3.8, 4) is 0 Å². The van der Waals surface area contributed by atoms with Crippen molar-refractivity contribution in [1.82, 2.24) is 10.2 Å². The Hall–Kier alpha value is -2.32. The summed E-state index contributed by atoms with van der Waals surface area (Å²) >= 11 is 4.71. The van der Waals surface area contributed by atoms with E-state index < -0.39 is 5.25 Å². The Labute approximate surface area is 187 Å². The van der Waals surface area contributed by atoms with Crippen molar-refractivity contribution in [2.45, 2.75) is 29.5 Å². The maximum Gasteiger partial charge on any atom is 0.247 e. The molecule has 3 amide bonds. The fourth-order valence-electron chi connectivity index (χ4n) is 3.75. The molecule has 2 heterocycles. The number of nitrogens with zero attached hydrogens (tertiary/aromatic N) is 1. The molecule has 2 aromatic rings. The van der Waals surface area contributed by atoms with E-state index in [0.717, 1.165) is 33.5 Å². The van der Waals surface area contributed by atoms with Gasteiger partial charge in [0, 0.05) is 29.0 Å². The number of anilines is 1. The minimum Gasteiger partial charge on any atom is -0.352 e. The first-order valence-corrected chi connectivity index (χ1v) is 11.6. The third-order valence-corrected chi connectivity index (χ3v) is 7.07. The molecule has 0 aromatic heterocycles. The summed E-state index contributed by atoms with van der Waals surface area (Å²) in [5.41, 5.74) is 1.75. The van der Waals surface area contributed by atoms with Gasteiger partial charge >= 0.3 is 0 Å². The summed E-state index contributed by atoms with van der Waals surface area (Å²) in [6.07, 6.45) is 1.48. The van der Waals surface area contributed by atoms with Crippen LogP contribution in [0.15, 0.2) is 57.9 Å². The summed E-state index contributed by atoms with van der Waals surface area (Å²) in [4.78, 5) is 40.8. The molecule has 1 fully saturated rings. The molecule has 2 atom stereocenters. The van der Waals surface area contributed by atoms with Crippen molar-refractivity contribution in [2.75, 3.05) is 18.4 Å². The molecular weight excluding hydrogens is 466 g/mol.